The fraction of sp³-hybridized carbons (Fsp3) is 0.588. The van der Waals surface area contributed by atoms with Crippen molar-refractivity contribution in [1.82, 2.24) is 9.80 Å². The summed E-state index contributed by atoms with van der Waals surface area (Å²) in [5.74, 6) is 0.307. The molecule has 6 nitrogen and oxygen atoms in total. The summed E-state index contributed by atoms with van der Waals surface area (Å²) in [5.41, 5.74) is 1.49. The molecule has 0 aromatic heterocycles. The Balaban J connectivity index is 2.46. The standard InChI is InChI=1S/C17H24N4O2/c1-4-23-17(22)14(12-18)15(11-13-7-5-9-20(13)2)19-16-8-6-10-21(16)3/h11H,4-10H2,1-3H3/b13-11-,15-14-,19-16?. The van der Waals surface area contributed by atoms with Crippen LogP contribution >= 0.6 is 0 Å². The number of carbonyl (C=O) groups excluding carboxylic acids is 1. The lowest BCUT2D eigenvalue weighted by Gasteiger charge is -2.15. The zero-order valence-electron chi connectivity index (χ0n) is 14.1. The van der Waals surface area contributed by atoms with E-state index in [9.17, 15) is 10.1 Å². The molecule has 2 rings (SSSR count). The fourth-order valence-electron chi connectivity index (χ4n) is 2.82. The Kier molecular flexibility index (Phi) is 5.80. The van der Waals surface area contributed by atoms with E-state index in [0.717, 1.165) is 50.3 Å². The first-order valence-electron chi connectivity index (χ1n) is 8.08. The van der Waals surface area contributed by atoms with Crippen LogP contribution in [0.4, 0.5) is 0 Å². The van der Waals surface area contributed by atoms with Crippen LogP contribution in [0.1, 0.15) is 32.6 Å². The molecular weight excluding hydrogens is 292 g/mol. The number of amidine groups is 1. The number of likely N-dealkylation sites (tertiary alicyclic amines) is 2. The summed E-state index contributed by atoms with van der Waals surface area (Å²) in [5, 5.41) is 9.44. The molecule has 0 saturated carbocycles. The van der Waals surface area contributed by atoms with E-state index >= 15 is 0 Å². The molecule has 0 spiro atoms. The summed E-state index contributed by atoms with van der Waals surface area (Å²) in [6, 6.07) is 1.98. The number of aliphatic imine (C=N–C) groups is 1. The van der Waals surface area contributed by atoms with Crippen molar-refractivity contribution in [3.63, 3.8) is 0 Å². The quantitative estimate of drug-likeness (QED) is 0.451. The van der Waals surface area contributed by atoms with E-state index in [1.54, 1.807) is 6.92 Å². The van der Waals surface area contributed by atoms with E-state index in [0.29, 0.717) is 5.70 Å². The van der Waals surface area contributed by atoms with Crippen molar-refractivity contribution in [2.75, 3.05) is 33.8 Å². The number of carbonyl (C=O) groups is 1. The molecule has 0 amide bonds. The predicted molar refractivity (Wildman–Crippen MR) is 88.5 cm³/mol. The van der Waals surface area contributed by atoms with Crippen LogP contribution in [0.2, 0.25) is 0 Å². The Hall–Kier alpha value is -2.29. The predicted octanol–water partition coefficient (Wildman–Crippen LogP) is 2.06. The molecular formula is C17H24N4O2. The second kappa shape index (κ2) is 7.82. The molecule has 0 radical (unpaired) electrons. The monoisotopic (exact) mass is 316 g/mol. The number of hydrogen-bond donors (Lipinski definition) is 0. The minimum atomic E-state index is -0.604. The first-order valence-corrected chi connectivity index (χ1v) is 8.08. The van der Waals surface area contributed by atoms with Crippen LogP contribution in [0.25, 0.3) is 0 Å². The molecule has 0 aromatic rings. The number of rotatable bonds is 4. The molecule has 124 valence electrons. The van der Waals surface area contributed by atoms with Crippen molar-refractivity contribution in [3.8, 4) is 6.07 Å². The first-order chi connectivity index (χ1) is 11.1. The average Bonchev–Trinajstić information content (AvgIpc) is 3.10. The summed E-state index contributed by atoms with van der Waals surface area (Å²) in [6.45, 7) is 3.90. The highest BCUT2D eigenvalue weighted by Gasteiger charge is 2.21. The van der Waals surface area contributed by atoms with Crippen LogP contribution in [0.5, 0.6) is 0 Å². The number of ether oxygens (including phenoxy) is 1. The van der Waals surface area contributed by atoms with Crippen LogP contribution in [-0.4, -0.2) is 55.4 Å². The lowest BCUT2D eigenvalue weighted by molar-refractivity contribution is -0.138. The van der Waals surface area contributed by atoms with Crippen molar-refractivity contribution in [1.29, 1.82) is 5.26 Å². The van der Waals surface area contributed by atoms with Gasteiger partial charge in [-0.1, -0.05) is 0 Å². The molecule has 0 aromatic carbocycles. The normalized spacial score (nSPS) is 22.5. The minimum absolute atomic E-state index is 0.0209. The van der Waals surface area contributed by atoms with Gasteiger partial charge in [0.05, 0.1) is 12.3 Å². The molecule has 0 unspecified atom stereocenters. The van der Waals surface area contributed by atoms with Gasteiger partial charge in [0.2, 0.25) is 0 Å². The Morgan fingerprint density at radius 1 is 1.30 bits per heavy atom. The SMILES string of the molecule is CCOC(=O)/C(C#N)=C(/C=C1/CCCN1C)N=C1CCCN1C. The highest BCUT2D eigenvalue weighted by atomic mass is 16.5. The van der Waals surface area contributed by atoms with Crippen molar-refractivity contribution in [2.24, 2.45) is 4.99 Å². The number of nitriles is 1. The molecule has 0 N–H and O–H groups in total. The van der Waals surface area contributed by atoms with Crippen LogP contribution in [0, 0.1) is 11.3 Å². The van der Waals surface area contributed by atoms with Gasteiger partial charge in [0.25, 0.3) is 0 Å². The number of allylic oxidation sites excluding steroid dienone is 2. The summed E-state index contributed by atoms with van der Waals surface area (Å²) >= 11 is 0. The first kappa shape index (κ1) is 17.1. The summed E-state index contributed by atoms with van der Waals surface area (Å²) in [7, 11) is 4.00. The van der Waals surface area contributed by atoms with Gasteiger partial charge in [-0.25, -0.2) is 9.79 Å². The van der Waals surface area contributed by atoms with Crippen LogP contribution in [0.15, 0.2) is 28.0 Å². The summed E-state index contributed by atoms with van der Waals surface area (Å²) in [4.78, 5) is 20.9. The maximum absolute atomic E-state index is 12.1. The minimum Gasteiger partial charge on any atom is -0.462 e. The Morgan fingerprint density at radius 3 is 2.52 bits per heavy atom. The number of esters is 1. The van der Waals surface area contributed by atoms with E-state index in [4.69, 9.17) is 4.74 Å². The van der Waals surface area contributed by atoms with Crippen molar-refractivity contribution >= 4 is 11.8 Å². The third kappa shape index (κ3) is 4.13. The molecule has 2 aliphatic rings. The van der Waals surface area contributed by atoms with Gasteiger partial charge in [-0.05, 0) is 32.3 Å². The van der Waals surface area contributed by atoms with Crippen LogP contribution in [-0.2, 0) is 9.53 Å². The molecule has 2 fully saturated rings. The average molecular weight is 316 g/mol. The second-order valence-corrected chi connectivity index (χ2v) is 5.81. The topological polar surface area (TPSA) is 68.9 Å². The van der Waals surface area contributed by atoms with Gasteiger partial charge >= 0.3 is 5.97 Å². The van der Waals surface area contributed by atoms with Crippen molar-refractivity contribution in [2.45, 2.75) is 32.6 Å². The van der Waals surface area contributed by atoms with Gasteiger partial charge < -0.3 is 14.5 Å². The van der Waals surface area contributed by atoms with Gasteiger partial charge in [0.15, 0.2) is 5.57 Å². The maximum atomic E-state index is 12.1. The van der Waals surface area contributed by atoms with Gasteiger partial charge in [-0.2, -0.15) is 5.26 Å². The molecule has 23 heavy (non-hydrogen) atoms. The van der Waals surface area contributed by atoms with Gasteiger partial charge in [-0.3, -0.25) is 0 Å². The van der Waals surface area contributed by atoms with Gasteiger partial charge in [0.1, 0.15) is 11.9 Å². The number of hydrogen-bond acceptors (Lipinski definition) is 5. The van der Waals surface area contributed by atoms with E-state index in [-0.39, 0.29) is 12.2 Å². The van der Waals surface area contributed by atoms with E-state index in [1.807, 2.05) is 26.2 Å². The molecule has 6 heteroatoms. The smallest absolute Gasteiger partial charge is 0.351 e. The lowest BCUT2D eigenvalue weighted by atomic mass is 10.1. The van der Waals surface area contributed by atoms with Gasteiger partial charge in [-0.15, -0.1) is 0 Å². The molecule has 2 heterocycles. The zero-order valence-corrected chi connectivity index (χ0v) is 14.1. The Labute approximate surface area is 137 Å². The van der Waals surface area contributed by atoms with E-state index in [1.165, 1.54) is 0 Å². The molecule has 0 aliphatic carbocycles. The molecule has 2 aliphatic heterocycles. The largest absolute Gasteiger partial charge is 0.462 e. The van der Waals surface area contributed by atoms with Crippen molar-refractivity contribution < 1.29 is 9.53 Å². The van der Waals surface area contributed by atoms with Crippen LogP contribution < -0.4 is 0 Å². The summed E-state index contributed by atoms with van der Waals surface area (Å²) in [6.07, 6.45) is 5.78. The van der Waals surface area contributed by atoms with Crippen LogP contribution in [0.3, 0.4) is 0 Å². The second-order valence-electron chi connectivity index (χ2n) is 5.81. The fourth-order valence-corrected chi connectivity index (χ4v) is 2.82. The third-order valence-electron chi connectivity index (χ3n) is 4.15. The van der Waals surface area contributed by atoms with Crippen molar-refractivity contribution in [3.05, 3.63) is 23.0 Å². The Bertz CT molecular complexity index is 566. The molecule has 2 saturated heterocycles. The maximum Gasteiger partial charge on any atom is 0.351 e. The van der Waals surface area contributed by atoms with E-state index < -0.39 is 5.97 Å². The highest BCUT2D eigenvalue weighted by molar-refractivity contribution is 5.95. The summed E-state index contributed by atoms with van der Waals surface area (Å²) < 4.78 is 5.01. The van der Waals surface area contributed by atoms with Gasteiger partial charge in [0, 0.05) is 39.3 Å². The highest BCUT2D eigenvalue weighted by Crippen LogP contribution is 2.23. The number of nitrogens with zero attached hydrogens (tertiary/aromatic N) is 4. The Morgan fingerprint density at radius 2 is 2.00 bits per heavy atom. The lowest BCUT2D eigenvalue weighted by Crippen LogP contribution is -2.19. The zero-order chi connectivity index (χ0) is 16.8. The third-order valence-corrected chi connectivity index (χ3v) is 4.15. The molecule has 0 bridgehead atoms. The molecule has 0 atom stereocenters. The van der Waals surface area contributed by atoms with E-state index in [2.05, 4.69) is 14.8 Å².